The lowest BCUT2D eigenvalue weighted by molar-refractivity contribution is 0.374. The van der Waals surface area contributed by atoms with Gasteiger partial charge in [-0.2, -0.15) is 0 Å². The van der Waals surface area contributed by atoms with E-state index in [4.69, 9.17) is 16.3 Å². The Morgan fingerprint density at radius 3 is 2.43 bits per heavy atom. The number of halogens is 1. The monoisotopic (exact) mass is 301 g/mol. The van der Waals surface area contributed by atoms with E-state index < -0.39 is 0 Å². The Labute approximate surface area is 131 Å². The maximum atomic E-state index is 5.93. The highest BCUT2D eigenvalue weighted by Gasteiger charge is 2.30. The molecule has 1 aliphatic rings. The lowest BCUT2D eigenvalue weighted by Crippen LogP contribution is -2.34. The van der Waals surface area contributed by atoms with Crippen LogP contribution in [0.4, 0.5) is 5.69 Å². The molecular formula is C18H20ClNO. The molecule has 3 rings (SSSR count). The largest absolute Gasteiger partial charge is 0.497 e. The Kier molecular flexibility index (Phi) is 4.07. The van der Waals surface area contributed by atoms with Gasteiger partial charge in [0.1, 0.15) is 5.75 Å². The summed E-state index contributed by atoms with van der Waals surface area (Å²) in [5, 5.41) is 4.43. The Morgan fingerprint density at radius 2 is 1.81 bits per heavy atom. The quantitative estimate of drug-likeness (QED) is 0.856. The molecule has 0 aliphatic heterocycles. The molecule has 2 aromatic carbocycles. The average Bonchev–Trinajstić information content (AvgIpc) is 2.45. The van der Waals surface area contributed by atoms with Crippen molar-refractivity contribution < 1.29 is 4.74 Å². The van der Waals surface area contributed by atoms with Crippen LogP contribution in [0.25, 0.3) is 0 Å². The van der Waals surface area contributed by atoms with Gasteiger partial charge < -0.3 is 10.1 Å². The minimum Gasteiger partial charge on any atom is -0.497 e. The van der Waals surface area contributed by atoms with Crippen molar-refractivity contribution in [2.45, 2.75) is 31.7 Å². The second kappa shape index (κ2) is 5.98. The summed E-state index contributed by atoms with van der Waals surface area (Å²) in [6.45, 7) is 2.11. The molecule has 0 atom stereocenters. The molecule has 0 aromatic heterocycles. The molecule has 0 saturated heterocycles. The van der Waals surface area contributed by atoms with Crippen molar-refractivity contribution >= 4 is 17.3 Å². The Bertz CT molecular complexity index is 618. The number of benzene rings is 2. The summed E-state index contributed by atoms with van der Waals surface area (Å²) in [7, 11) is 1.70. The van der Waals surface area contributed by atoms with Crippen LogP contribution < -0.4 is 10.1 Å². The van der Waals surface area contributed by atoms with Crippen molar-refractivity contribution in [3.63, 3.8) is 0 Å². The van der Waals surface area contributed by atoms with Crippen LogP contribution in [0.15, 0.2) is 42.5 Å². The van der Waals surface area contributed by atoms with Crippen molar-refractivity contribution in [2.75, 3.05) is 12.4 Å². The number of methoxy groups -OCH3 is 1. The van der Waals surface area contributed by atoms with Crippen molar-refractivity contribution in [3.05, 3.63) is 58.6 Å². The number of hydrogen-bond donors (Lipinski definition) is 1. The van der Waals surface area contributed by atoms with Crippen molar-refractivity contribution in [2.24, 2.45) is 0 Å². The summed E-state index contributed by atoms with van der Waals surface area (Å²) in [6.07, 6.45) is 2.35. The van der Waals surface area contributed by atoms with Gasteiger partial charge in [-0.15, -0.1) is 0 Å². The third-order valence-corrected chi connectivity index (χ3v) is 4.52. The van der Waals surface area contributed by atoms with E-state index in [0.717, 1.165) is 10.8 Å². The van der Waals surface area contributed by atoms with E-state index in [1.54, 1.807) is 7.11 Å². The summed E-state index contributed by atoms with van der Waals surface area (Å²) in [6, 6.07) is 15.0. The molecule has 110 valence electrons. The van der Waals surface area contributed by atoms with E-state index in [2.05, 4.69) is 36.5 Å². The molecule has 0 amide bonds. The smallest absolute Gasteiger partial charge is 0.119 e. The predicted molar refractivity (Wildman–Crippen MR) is 88.6 cm³/mol. The van der Waals surface area contributed by atoms with Crippen LogP contribution in [0.5, 0.6) is 5.75 Å². The molecule has 21 heavy (non-hydrogen) atoms. The van der Waals surface area contributed by atoms with E-state index in [0.29, 0.717) is 12.0 Å². The zero-order valence-electron chi connectivity index (χ0n) is 12.4. The highest BCUT2D eigenvalue weighted by Crippen LogP contribution is 2.39. The summed E-state index contributed by atoms with van der Waals surface area (Å²) >= 11 is 5.93. The zero-order valence-corrected chi connectivity index (χ0v) is 13.2. The average molecular weight is 302 g/mol. The first-order valence-corrected chi connectivity index (χ1v) is 7.70. The lowest BCUT2D eigenvalue weighted by Gasteiger charge is -2.37. The first-order chi connectivity index (χ1) is 10.2. The van der Waals surface area contributed by atoms with E-state index >= 15 is 0 Å². The topological polar surface area (TPSA) is 21.3 Å². The maximum Gasteiger partial charge on any atom is 0.119 e. The fraction of sp³-hybridized carbons (Fsp3) is 0.333. The summed E-state index contributed by atoms with van der Waals surface area (Å²) < 4.78 is 5.24. The second-order valence-corrected chi connectivity index (χ2v) is 6.18. The predicted octanol–water partition coefficient (Wildman–Crippen LogP) is 5.02. The number of ether oxygens (including phenoxy) is 1. The van der Waals surface area contributed by atoms with E-state index in [-0.39, 0.29) is 0 Å². The molecule has 0 bridgehead atoms. The van der Waals surface area contributed by atoms with Gasteiger partial charge in [0.2, 0.25) is 0 Å². The number of aryl methyl sites for hydroxylation is 1. The SMILES string of the molecule is COc1ccc(NC2CC(c3ccc(Cl)cc3)C2)c(C)c1. The highest BCUT2D eigenvalue weighted by atomic mass is 35.5. The minimum absolute atomic E-state index is 0.553. The molecule has 0 spiro atoms. The highest BCUT2D eigenvalue weighted by molar-refractivity contribution is 6.30. The molecule has 2 aromatic rings. The van der Waals surface area contributed by atoms with Crippen LogP contribution in [-0.4, -0.2) is 13.2 Å². The number of anilines is 1. The van der Waals surface area contributed by atoms with Crippen LogP contribution in [-0.2, 0) is 0 Å². The van der Waals surface area contributed by atoms with Gasteiger partial charge in [0.15, 0.2) is 0 Å². The molecule has 1 N–H and O–H groups in total. The van der Waals surface area contributed by atoms with Gasteiger partial charge >= 0.3 is 0 Å². The normalized spacial score (nSPS) is 20.7. The summed E-state index contributed by atoms with van der Waals surface area (Å²) in [4.78, 5) is 0. The van der Waals surface area contributed by atoms with Crippen LogP contribution >= 0.6 is 11.6 Å². The van der Waals surface area contributed by atoms with Gasteiger partial charge in [-0.3, -0.25) is 0 Å². The van der Waals surface area contributed by atoms with Crippen LogP contribution in [0.2, 0.25) is 5.02 Å². The first kappa shape index (κ1) is 14.3. The third-order valence-electron chi connectivity index (χ3n) is 4.27. The van der Waals surface area contributed by atoms with Crippen LogP contribution in [0.3, 0.4) is 0 Å². The van der Waals surface area contributed by atoms with E-state index in [1.165, 1.54) is 29.7 Å². The minimum atomic E-state index is 0.553. The Morgan fingerprint density at radius 1 is 1.10 bits per heavy atom. The Hall–Kier alpha value is -1.67. The lowest BCUT2D eigenvalue weighted by atomic mass is 9.76. The summed E-state index contributed by atoms with van der Waals surface area (Å²) in [5.41, 5.74) is 3.82. The fourth-order valence-electron chi connectivity index (χ4n) is 2.89. The maximum absolute atomic E-state index is 5.93. The third kappa shape index (κ3) is 3.16. The first-order valence-electron chi connectivity index (χ1n) is 7.32. The molecular weight excluding hydrogens is 282 g/mol. The standard InChI is InChI=1S/C18H20ClNO/c1-12-9-17(21-2)7-8-18(12)20-16-10-14(11-16)13-3-5-15(19)6-4-13/h3-9,14,16,20H,10-11H2,1-2H3. The summed E-state index contributed by atoms with van der Waals surface area (Å²) in [5.74, 6) is 1.56. The second-order valence-electron chi connectivity index (χ2n) is 5.74. The number of nitrogens with one attached hydrogen (secondary N) is 1. The molecule has 0 radical (unpaired) electrons. The van der Waals surface area contributed by atoms with Crippen LogP contribution in [0.1, 0.15) is 29.9 Å². The number of rotatable bonds is 4. The molecule has 3 heteroatoms. The Balaban J connectivity index is 1.58. The molecule has 0 unspecified atom stereocenters. The molecule has 2 nitrogen and oxygen atoms in total. The van der Waals surface area contributed by atoms with Crippen molar-refractivity contribution in [1.82, 2.24) is 0 Å². The molecule has 0 heterocycles. The van der Waals surface area contributed by atoms with Gasteiger partial charge in [0.25, 0.3) is 0 Å². The zero-order chi connectivity index (χ0) is 14.8. The van der Waals surface area contributed by atoms with Gasteiger partial charge in [0, 0.05) is 16.8 Å². The fourth-order valence-corrected chi connectivity index (χ4v) is 3.01. The van der Waals surface area contributed by atoms with E-state index in [9.17, 15) is 0 Å². The van der Waals surface area contributed by atoms with Gasteiger partial charge in [-0.1, -0.05) is 23.7 Å². The van der Waals surface area contributed by atoms with Crippen molar-refractivity contribution in [3.8, 4) is 5.75 Å². The number of hydrogen-bond acceptors (Lipinski definition) is 2. The van der Waals surface area contributed by atoms with Gasteiger partial charge in [-0.25, -0.2) is 0 Å². The molecule has 1 aliphatic carbocycles. The molecule has 1 fully saturated rings. The van der Waals surface area contributed by atoms with Gasteiger partial charge in [-0.05, 0) is 67.1 Å². The van der Waals surface area contributed by atoms with Crippen molar-refractivity contribution in [1.29, 1.82) is 0 Å². The molecule has 1 saturated carbocycles. The van der Waals surface area contributed by atoms with Crippen LogP contribution in [0, 0.1) is 6.92 Å². The van der Waals surface area contributed by atoms with Gasteiger partial charge in [0.05, 0.1) is 7.11 Å². The van der Waals surface area contributed by atoms with E-state index in [1.807, 2.05) is 18.2 Å².